The average molecular weight is 244 g/mol. The van der Waals surface area contributed by atoms with Crippen molar-refractivity contribution < 1.29 is 4.74 Å². The average Bonchev–Trinajstić information content (AvgIpc) is 2.38. The van der Waals surface area contributed by atoms with Crippen LogP contribution in [0.1, 0.15) is 11.1 Å². The normalized spacial score (nSPS) is 10.1. The topological polar surface area (TPSA) is 73.1 Å². The van der Waals surface area contributed by atoms with E-state index in [1.807, 2.05) is 25.1 Å². The summed E-state index contributed by atoms with van der Waals surface area (Å²) in [5, 5.41) is 3.25. The highest BCUT2D eigenvalue weighted by atomic mass is 16.5. The zero-order valence-corrected chi connectivity index (χ0v) is 10.5. The third-order valence-electron chi connectivity index (χ3n) is 2.57. The van der Waals surface area contributed by atoms with Crippen LogP contribution in [0.5, 0.6) is 5.88 Å². The second-order valence-corrected chi connectivity index (χ2v) is 4.00. The number of nitrogen functional groups attached to an aromatic ring is 1. The van der Waals surface area contributed by atoms with Crippen molar-refractivity contribution in [1.29, 1.82) is 0 Å². The fourth-order valence-electron chi connectivity index (χ4n) is 1.60. The van der Waals surface area contributed by atoms with Crippen LogP contribution in [-0.2, 0) is 6.54 Å². The number of nitrogens with zero attached hydrogens (tertiary/aromatic N) is 2. The second kappa shape index (κ2) is 5.35. The first-order valence-electron chi connectivity index (χ1n) is 5.64. The van der Waals surface area contributed by atoms with Crippen LogP contribution in [0, 0.1) is 6.92 Å². The lowest BCUT2D eigenvalue weighted by Crippen LogP contribution is -2.04. The highest BCUT2D eigenvalue weighted by Crippen LogP contribution is 2.15. The Morgan fingerprint density at radius 1 is 1.28 bits per heavy atom. The fraction of sp³-hybridized carbons (Fsp3) is 0.231. The number of pyridine rings is 2. The summed E-state index contributed by atoms with van der Waals surface area (Å²) in [5.41, 5.74) is 8.41. The standard InChI is InChI=1S/C13H16N4O/c1-9-5-11(14)8-17-13(9)16-7-10-3-4-12(18-2)15-6-10/h3-6,8H,7,14H2,1-2H3,(H,16,17). The maximum absolute atomic E-state index is 5.65. The highest BCUT2D eigenvalue weighted by molar-refractivity contribution is 5.50. The summed E-state index contributed by atoms with van der Waals surface area (Å²) < 4.78 is 5.01. The van der Waals surface area contributed by atoms with Crippen LogP contribution in [0.3, 0.4) is 0 Å². The van der Waals surface area contributed by atoms with Crippen LogP contribution >= 0.6 is 0 Å². The molecule has 0 unspecified atom stereocenters. The summed E-state index contributed by atoms with van der Waals surface area (Å²) in [4.78, 5) is 8.39. The Morgan fingerprint density at radius 2 is 2.11 bits per heavy atom. The number of ether oxygens (including phenoxy) is 1. The molecule has 2 heterocycles. The van der Waals surface area contributed by atoms with Gasteiger partial charge in [0, 0.05) is 18.8 Å². The summed E-state index contributed by atoms with van der Waals surface area (Å²) in [7, 11) is 1.60. The highest BCUT2D eigenvalue weighted by Gasteiger charge is 2.01. The molecule has 3 N–H and O–H groups in total. The van der Waals surface area contributed by atoms with Crippen molar-refractivity contribution in [3.63, 3.8) is 0 Å². The van der Waals surface area contributed by atoms with Gasteiger partial charge in [0.2, 0.25) is 5.88 Å². The predicted octanol–water partition coefficient (Wildman–Crippen LogP) is 1.99. The SMILES string of the molecule is COc1ccc(CNc2ncc(N)cc2C)cn1. The molecule has 0 fully saturated rings. The molecule has 94 valence electrons. The quantitative estimate of drug-likeness (QED) is 0.860. The number of hydrogen-bond acceptors (Lipinski definition) is 5. The molecular weight excluding hydrogens is 228 g/mol. The van der Waals surface area contributed by atoms with E-state index in [4.69, 9.17) is 10.5 Å². The molecule has 0 aromatic carbocycles. The maximum atomic E-state index is 5.65. The Balaban J connectivity index is 2.02. The lowest BCUT2D eigenvalue weighted by atomic mass is 10.2. The molecule has 0 radical (unpaired) electrons. The number of anilines is 2. The van der Waals surface area contributed by atoms with Gasteiger partial charge in [0.15, 0.2) is 0 Å². The first-order chi connectivity index (χ1) is 8.69. The number of hydrogen-bond donors (Lipinski definition) is 2. The number of aromatic nitrogens is 2. The van der Waals surface area contributed by atoms with Gasteiger partial charge >= 0.3 is 0 Å². The molecule has 0 spiro atoms. The first kappa shape index (κ1) is 12.2. The monoisotopic (exact) mass is 244 g/mol. The van der Waals surface area contributed by atoms with Gasteiger partial charge in [-0.2, -0.15) is 0 Å². The lowest BCUT2D eigenvalue weighted by Gasteiger charge is -2.09. The van der Waals surface area contributed by atoms with Gasteiger partial charge < -0.3 is 15.8 Å². The Bertz CT molecular complexity index is 525. The van der Waals surface area contributed by atoms with E-state index in [1.165, 1.54) is 0 Å². The molecule has 0 saturated heterocycles. The fourth-order valence-corrected chi connectivity index (χ4v) is 1.60. The van der Waals surface area contributed by atoms with Gasteiger partial charge in [-0.05, 0) is 24.1 Å². The Labute approximate surface area is 106 Å². The molecule has 2 rings (SSSR count). The zero-order chi connectivity index (χ0) is 13.0. The maximum Gasteiger partial charge on any atom is 0.212 e. The van der Waals surface area contributed by atoms with Gasteiger partial charge in [0.05, 0.1) is 19.0 Å². The van der Waals surface area contributed by atoms with E-state index < -0.39 is 0 Å². The van der Waals surface area contributed by atoms with E-state index in [0.717, 1.165) is 16.9 Å². The van der Waals surface area contributed by atoms with Crippen LogP contribution in [-0.4, -0.2) is 17.1 Å². The van der Waals surface area contributed by atoms with Gasteiger partial charge in [-0.3, -0.25) is 0 Å². The largest absolute Gasteiger partial charge is 0.481 e. The van der Waals surface area contributed by atoms with Crippen molar-refractivity contribution in [3.05, 3.63) is 41.7 Å². The molecule has 0 aliphatic rings. The predicted molar refractivity (Wildman–Crippen MR) is 71.5 cm³/mol. The first-order valence-corrected chi connectivity index (χ1v) is 5.64. The minimum atomic E-state index is 0.612. The van der Waals surface area contributed by atoms with Crippen LogP contribution in [0.4, 0.5) is 11.5 Å². The number of nitrogens with two attached hydrogens (primary N) is 1. The second-order valence-electron chi connectivity index (χ2n) is 4.00. The summed E-state index contributed by atoms with van der Waals surface area (Å²) in [6.07, 6.45) is 3.42. The molecule has 0 amide bonds. The van der Waals surface area contributed by atoms with Gasteiger partial charge in [0.1, 0.15) is 5.82 Å². The van der Waals surface area contributed by atoms with E-state index in [-0.39, 0.29) is 0 Å². The van der Waals surface area contributed by atoms with Crippen molar-refractivity contribution in [3.8, 4) is 5.88 Å². The third kappa shape index (κ3) is 2.88. The van der Waals surface area contributed by atoms with Gasteiger partial charge in [-0.15, -0.1) is 0 Å². The van der Waals surface area contributed by atoms with Crippen molar-refractivity contribution >= 4 is 11.5 Å². The van der Waals surface area contributed by atoms with E-state index >= 15 is 0 Å². The summed E-state index contributed by atoms with van der Waals surface area (Å²) >= 11 is 0. The Hall–Kier alpha value is -2.30. The number of aryl methyl sites for hydroxylation is 1. The molecule has 0 aliphatic heterocycles. The van der Waals surface area contributed by atoms with Crippen LogP contribution in [0.25, 0.3) is 0 Å². The summed E-state index contributed by atoms with van der Waals surface area (Å²) in [6, 6.07) is 5.69. The van der Waals surface area contributed by atoms with E-state index in [9.17, 15) is 0 Å². The molecule has 0 bridgehead atoms. The van der Waals surface area contributed by atoms with Gasteiger partial charge in [-0.25, -0.2) is 9.97 Å². The molecule has 0 saturated carbocycles. The zero-order valence-electron chi connectivity index (χ0n) is 10.5. The van der Waals surface area contributed by atoms with E-state index in [2.05, 4.69) is 15.3 Å². The minimum absolute atomic E-state index is 0.612. The number of nitrogens with one attached hydrogen (secondary N) is 1. The molecule has 0 aliphatic carbocycles. The molecule has 18 heavy (non-hydrogen) atoms. The Kier molecular flexibility index (Phi) is 3.62. The molecule has 2 aromatic rings. The molecule has 5 heteroatoms. The minimum Gasteiger partial charge on any atom is -0.481 e. The van der Waals surface area contributed by atoms with Crippen LogP contribution < -0.4 is 15.8 Å². The Morgan fingerprint density at radius 3 is 2.72 bits per heavy atom. The van der Waals surface area contributed by atoms with Gasteiger partial charge in [-0.1, -0.05) is 6.07 Å². The van der Waals surface area contributed by atoms with E-state index in [0.29, 0.717) is 18.1 Å². The van der Waals surface area contributed by atoms with Gasteiger partial charge in [0.25, 0.3) is 0 Å². The van der Waals surface area contributed by atoms with E-state index in [1.54, 1.807) is 19.5 Å². The van der Waals surface area contributed by atoms with Crippen molar-refractivity contribution in [2.75, 3.05) is 18.2 Å². The smallest absolute Gasteiger partial charge is 0.212 e. The third-order valence-corrected chi connectivity index (χ3v) is 2.57. The summed E-state index contributed by atoms with van der Waals surface area (Å²) in [6.45, 7) is 2.63. The van der Waals surface area contributed by atoms with Crippen molar-refractivity contribution in [2.24, 2.45) is 0 Å². The van der Waals surface area contributed by atoms with Crippen LogP contribution in [0.2, 0.25) is 0 Å². The number of methoxy groups -OCH3 is 1. The molecule has 0 atom stereocenters. The number of rotatable bonds is 4. The van der Waals surface area contributed by atoms with Crippen molar-refractivity contribution in [1.82, 2.24) is 9.97 Å². The lowest BCUT2D eigenvalue weighted by molar-refractivity contribution is 0.397. The molecular formula is C13H16N4O. The molecule has 2 aromatic heterocycles. The van der Waals surface area contributed by atoms with Crippen molar-refractivity contribution in [2.45, 2.75) is 13.5 Å². The summed E-state index contributed by atoms with van der Waals surface area (Å²) in [5.74, 6) is 1.44. The van der Waals surface area contributed by atoms with Crippen LogP contribution in [0.15, 0.2) is 30.6 Å². The molecule has 5 nitrogen and oxygen atoms in total.